The molecule has 1 aromatic carbocycles. The number of anilines is 2. The highest BCUT2D eigenvalue weighted by Crippen LogP contribution is 2.28. The molecule has 0 saturated carbocycles. The predicted octanol–water partition coefficient (Wildman–Crippen LogP) is 3.48. The van der Waals surface area contributed by atoms with Gasteiger partial charge in [0.2, 0.25) is 5.95 Å². The van der Waals surface area contributed by atoms with E-state index >= 15 is 0 Å². The molecule has 2 heterocycles. The normalized spacial score (nSPS) is 10.6. The quantitative estimate of drug-likeness (QED) is 0.793. The van der Waals surface area contributed by atoms with Crippen molar-refractivity contribution >= 4 is 22.5 Å². The topological polar surface area (TPSA) is 59.9 Å². The number of nitrogens with zero attached hydrogens (tertiary/aromatic N) is 3. The van der Waals surface area contributed by atoms with E-state index in [4.69, 9.17) is 4.74 Å². The Morgan fingerprint density at radius 2 is 1.95 bits per heavy atom. The Morgan fingerprint density at radius 3 is 2.71 bits per heavy atom. The van der Waals surface area contributed by atoms with Crippen LogP contribution in [0.15, 0.2) is 42.7 Å². The van der Waals surface area contributed by atoms with Gasteiger partial charge in [-0.1, -0.05) is 0 Å². The van der Waals surface area contributed by atoms with E-state index < -0.39 is 0 Å². The van der Waals surface area contributed by atoms with Gasteiger partial charge in [-0.25, -0.2) is 9.97 Å². The molecule has 0 aliphatic carbocycles. The second-order valence-corrected chi connectivity index (χ2v) is 4.62. The molecule has 0 aliphatic heterocycles. The fourth-order valence-electron chi connectivity index (χ4n) is 2.18. The van der Waals surface area contributed by atoms with Crippen LogP contribution >= 0.6 is 0 Å². The monoisotopic (exact) mass is 280 g/mol. The Hall–Kier alpha value is -2.69. The number of rotatable bonds is 4. The third-order valence-corrected chi connectivity index (χ3v) is 3.03. The van der Waals surface area contributed by atoms with Crippen LogP contribution in [0.5, 0.6) is 5.75 Å². The molecule has 0 amide bonds. The van der Waals surface area contributed by atoms with Crippen LogP contribution in [0.3, 0.4) is 0 Å². The van der Waals surface area contributed by atoms with Crippen LogP contribution in [-0.4, -0.2) is 21.6 Å². The summed E-state index contributed by atoms with van der Waals surface area (Å²) in [5.74, 6) is 1.39. The van der Waals surface area contributed by atoms with E-state index in [9.17, 15) is 0 Å². The first kappa shape index (κ1) is 13.3. The van der Waals surface area contributed by atoms with Crippen LogP contribution in [-0.2, 0) is 0 Å². The van der Waals surface area contributed by atoms with Gasteiger partial charge in [-0.15, -0.1) is 0 Å². The minimum Gasteiger partial charge on any atom is -0.494 e. The van der Waals surface area contributed by atoms with Crippen molar-refractivity contribution < 1.29 is 4.74 Å². The fourth-order valence-corrected chi connectivity index (χ4v) is 2.18. The van der Waals surface area contributed by atoms with Gasteiger partial charge in [0.05, 0.1) is 17.8 Å². The first-order valence-electron chi connectivity index (χ1n) is 6.84. The molecule has 0 spiro atoms. The molecule has 3 aromatic rings. The smallest absolute Gasteiger partial charge is 0.227 e. The summed E-state index contributed by atoms with van der Waals surface area (Å²) in [6.07, 6.45) is 3.41. The van der Waals surface area contributed by atoms with E-state index in [1.807, 2.05) is 38.1 Å². The Bertz CT molecular complexity index is 759. The van der Waals surface area contributed by atoms with E-state index in [2.05, 4.69) is 20.3 Å². The Morgan fingerprint density at radius 1 is 1.14 bits per heavy atom. The van der Waals surface area contributed by atoms with Crippen LogP contribution in [0.4, 0.5) is 11.6 Å². The summed E-state index contributed by atoms with van der Waals surface area (Å²) in [6, 6.07) is 9.64. The summed E-state index contributed by atoms with van der Waals surface area (Å²) in [5, 5.41) is 4.22. The number of fused-ring (bicyclic) bond motifs is 1. The van der Waals surface area contributed by atoms with Crippen molar-refractivity contribution in [3.05, 3.63) is 48.4 Å². The van der Waals surface area contributed by atoms with E-state index in [0.717, 1.165) is 28.0 Å². The molecule has 0 unspecified atom stereocenters. The van der Waals surface area contributed by atoms with Gasteiger partial charge in [-0.3, -0.25) is 4.98 Å². The second kappa shape index (κ2) is 5.75. The van der Waals surface area contributed by atoms with E-state index in [-0.39, 0.29) is 0 Å². The number of aryl methyl sites for hydroxylation is 1. The molecule has 0 radical (unpaired) electrons. The summed E-state index contributed by atoms with van der Waals surface area (Å²) in [5.41, 5.74) is 2.77. The molecule has 0 atom stereocenters. The fraction of sp³-hybridized carbons (Fsp3) is 0.188. The highest BCUT2D eigenvalue weighted by atomic mass is 16.5. The zero-order chi connectivity index (χ0) is 14.7. The Balaban J connectivity index is 2.08. The molecule has 3 rings (SSSR count). The van der Waals surface area contributed by atoms with Crippen molar-refractivity contribution in [3.8, 4) is 5.75 Å². The van der Waals surface area contributed by atoms with Crippen LogP contribution in [0.2, 0.25) is 0 Å². The Kier molecular flexibility index (Phi) is 3.64. The molecule has 21 heavy (non-hydrogen) atoms. The molecule has 0 saturated heterocycles. The largest absolute Gasteiger partial charge is 0.494 e. The van der Waals surface area contributed by atoms with Gasteiger partial charge in [0.25, 0.3) is 0 Å². The van der Waals surface area contributed by atoms with Crippen molar-refractivity contribution in [2.75, 3.05) is 11.9 Å². The molecular weight excluding hydrogens is 264 g/mol. The second-order valence-electron chi connectivity index (χ2n) is 4.62. The van der Waals surface area contributed by atoms with Gasteiger partial charge >= 0.3 is 0 Å². The van der Waals surface area contributed by atoms with Gasteiger partial charge in [0.1, 0.15) is 5.75 Å². The lowest BCUT2D eigenvalue weighted by molar-refractivity contribution is 0.340. The maximum atomic E-state index is 5.56. The molecule has 1 N–H and O–H groups in total. The lowest BCUT2D eigenvalue weighted by Crippen LogP contribution is -1.99. The van der Waals surface area contributed by atoms with Crippen molar-refractivity contribution in [1.82, 2.24) is 15.0 Å². The predicted molar refractivity (Wildman–Crippen MR) is 83.0 cm³/mol. The molecular formula is C16H16N4O. The van der Waals surface area contributed by atoms with Crippen molar-refractivity contribution in [2.45, 2.75) is 13.8 Å². The van der Waals surface area contributed by atoms with Gasteiger partial charge in [-0.05, 0) is 44.2 Å². The van der Waals surface area contributed by atoms with E-state index in [0.29, 0.717) is 12.6 Å². The summed E-state index contributed by atoms with van der Waals surface area (Å²) in [6.45, 7) is 4.57. The number of hydrogen-bond donors (Lipinski definition) is 1. The minimum absolute atomic E-state index is 0.561. The van der Waals surface area contributed by atoms with Crippen molar-refractivity contribution in [3.63, 3.8) is 0 Å². The molecule has 5 nitrogen and oxygen atoms in total. The first-order valence-corrected chi connectivity index (χ1v) is 6.84. The Labute approximate surface area is 123 Å². The van der Waals surface area contributed by atoms with E-state index in [1.54, 1.807) is 18.5 Å². The lowest BCUT2D eigenvalue weighted by atomic mass is 10.1. The molecule has 5 heteroatoms. The maximum absolute atomic E-state index is 5.56. The van der Waals surface area contributed by atoms with Gasteiger partial charge in [-0.2, -0.15) is 0 Å². The number of nitrogens with one attached hydrogen (secondary N) is 1. The average Bonchev–Trinajstić information content (AvgIpc) is 2.49. The zero-order valence-corrected chi connectivity index (χ0v) is 12.0. The summed E-state index contributed by atoms with van der Waals surface area (Å²) in [4.78, 5) is 12.9. The van der Waals surface area contributed by atoms with Crippen LogP contribution in [0, 0.1) is 6.92 Å². The molecule has 106 valence electrons. The van der Waals surface area contributed by atoms with Gasteiger partial charge < -0.3 is 10.1 Å². The van der Waals surface area contributed by atoms with Crippen LogP contribution in [0.1, 0.15) is 12.6 Å². The number of ether oxygens (including phenoxy) is 1. The maximum Gasteiger partial charge on any atom is 0.227 e. The lowest BCUT2D eigenvalue weighted by Gasteiger charge is -2.11. The number of pyridine rings is 1. The standard InChI is InChI=1S/C16H16N4O/c1-3-21-12-5-6-14-13(10-12)15(9-11(2)19-14)20-16-17-7-4-8-18-16/h4-10H,3H2,1-2H3,(H,17,18,19,20). The minimum atomic E-state index is 0.561. The molecule has 0 bridgehead atoms. The highest BCUT2D eigenvalue weighted by Gasteiger charge is 2.07. The summed E-state index contributed by atoms with van der Waals surface area (Å²) < 4.78 is 5.56. The van der Waals surface area contributed by atoms with Gasteiger partial charge in [0, 0.05) is 23.5 Å². The third kappa shape index (κ3) is 2.91. The SMILES string of the molecule is CCOc1ccc2nc(C)cc(Nc3ncccn3)c2c1. The summed E-state index contributed by atoms with van der Waals surface area (Å²) in [7, 11) is 0. The van der Waals surface area contributed by atoms with Gasteiger partial charge in [0.15, 0.2) is 0 Å². The molecule has 2 aromatic heterocycles. The number of benzene rings is 1. The number of aromatic nitrogens is 3. The van der Waals surface area contributed by atoms with Crippen molar-refractivity contribution in [2.24, 2.45) is 0 Å². The average molecular weight is 280 g/mol. The highest BCUT2D eigenvalue weighted by molar-refractivity contribution is 5.93. The first-order chi connectivity index (χ1) is 10.3. The van der Waals surface area contributed by atoms with Crippen LogP contribution < -0.4 is 10.1 Å². The summed E-state index contributed by atoms with van der Waals surface area (Å²) >= 11 is 0. The van der Waals surface area contributed by atoms with E-state index in [1.165, 1.54) is 0 Å². The third-order valence-electron chi connectivity index (χ3n) is 3.03. The van der Waals surface area contributed by atoms with Crippen molar-refractivity contribution in [1.29, 1.82) is 0 Å². The zero-order valence-electron chi connectivity index (χ0n) is 12.0. The molecule has 0 fully saturated rings. The molecule has 0 aliphatic rings. The number of hydrogen-bond acceptors (Lipinski definition) is 5. The van der Waals surface area contributed by atoms with Crippen LogP contribution in [0.25, 0.3) is 10.9 Å².